The van der Waals surface area contributed by atoms with Gasteiger partial charge in [0.15, 0.2) is 0 Å². The smallest absolute Gasteiger partial charge is 0.340 e. The first-order valence-electron chi connectivity index (χ1n) is 6.10. The minimum Gasteiger partial charge on any atom is -0.459 e. The van der Waals surface area contributed by atoms with E-state index >= 15 is 0 Å². The van der Waals surface area contributed by atoms with Crippen molar-refractivity contribution in [3.8, 4) is 0 Å². The molecule has 2 N–H and O–H groups in total. The van der Waals surface area contributed by atoms with E-state index in [1.807, 2.05) is 0 Å². The Bertz CT molecular complexity index is 412. The fourth-order valence-electron chi connectivity index (χ4n) is 2.15. The van der Waals surface area contributed by atoms with Crippen LogP contribution in [0, 0.1) is 6.92 Å². The normalized spacial score (nSPS) is 16.8. The molecule has 1 aliphatic rings. The Hall–Kier alpha value is -1.58. The lowest BCUT2D eigenvalue weighted by Gasteiger charge is -2.22. The van der Waals surface area contributed by atoms with Gasteiger partial charge in [-0.2, -0.15) is 0 Å². The number of pyridine rings is 1. The quantitative estimate of drug-likeness (QED) is 0.798. The summed E-state index contributed by atoms with van der Waals surface area (Å²) < 4.78 is 5.48. The number of esters is 1. The molecule has 4 heteroatoms. The number of anilines is 1. The van der Waals surface area contributed by atoms with Crippen LogP contribution in [0.25, 0.3) is 0 Å². The second-order valence-corrected chi connectivity index (χ2v) is 4.57. The van der Waals surface area contributed by atoms with E-state index in [4.69, 9.17) is 10.5 Å². The predicted molar refractivity (Wildman–Crippen MR) is 65.7 cm³/mol. The number of hydrogen-bond donors (Lipinski definition) is 1. The fraction of sp³-hybridized carbons (Fsp3) is 0.538. The molecule has 4 nitrogen and oxygen atoms in total. The molecule has 92 valence electrons. The van der Waals surface area contributed by atoms with Gasteiger partial charge in [-0.1, -0.05) is 6.42 Å². The van der Waals surface area contributed by atoms with E-state index < -0.39 is 0 Å². The van der Waals surface area contributed by atoms with Gasteiger partial charge in [0.1, 0.15) is 6.10 Å². The van der Waals surface area contributed by atoms with E-state index in [-0.39, 0.29) is 12.1 Å². The third-order valence-corrected chi connectivity index (χ3v) is 3.15. The molecule has 1 saturated carbocycles. The van der Waals surface area contributed by atoms with Crippen molar-refractivity contribution in [2.45, 2.75) is 45.1 Å². The standard InChI is InChI=1S/C13H18N2O2/c1-9-12(7-10(14)8-15-9)13(16)17-11-5-3-2-4-6-11/h7-8,11H,2-6,14H2,1H3. The maximum Gasteiger partial charge on any atom is 0.340 e. The van der Waals surface area contributed by atoms with E-state index in [1.165, 1.54) is 6.42 Å². The molecule has 1 aliphatic carbocycles. The number of hydrogen-bond acceptors (Lipinski definition) is 4. The Morgan fingerprint density at radius 1 is 1.41 bits per heavy atom. The van der Waals surface area contributed by atoms with Crippen molar-refractivity contribution >= 4 is 11.7 Å². The van der Waals surface area contributed by atoms with Crippen LogP contribution >= 0.6 is 0 Å². The first-order valence-corrected chi connectivity index (χ1v) is 6.10. The summed E-state index contributed by atoms with van der Waals surface area (Å²) in [5, 5.41) is 0. The number of rotatable bonds is 2. The van der Waals surface area contributed by atoms with Gasteiger partial charge in [0.25, 0.3) is 0 Å². The summed E-state index contributed by atoms with van der Waals surface area (Å²) in [6.07, 6.45) is 7.09. The predicted octanol–water partition coefficient (Wildman–Crippen LogP) is 2.46. The molecular formula is C13H18N2O2. The summed E-state index contributed by atoms with van der Waals surface area (Å²) in [4.78, 5) is 16.0. The summed E-state index contributed by atoms with van der Waals surface area (Å²) >= 11 is 0. The lowest BCUT2D eigenvalue weighted by molar-refractivity contribution is 0.0210. The molecule has 0 aliphatic heterocycles. The van der Waals surface area contributed by atoms with Crippen LogP contribution in [0.15, 0.2) is 12.3 Å². The van der Waals surface area contributed by atoms with E-state index in [0.29, 0.717) is 16.9 Å². The summed E-state index contributed by atoms with van der Waals surface area (Å²) in [6, 6.07) is 1.63. The highest BCUT2D eigenvalue weighted by Gasteiger charge is 2.20. The molecular weight excluding hydrogens is 216 g/mol. The fourth-order valence-corrected chi connectivity index (χ4v) is 2.15. The van der Waals surface area contributed by atoms with Gasteiger partial charge >= 0.3 is 5.97 Å². The molecule has 0 saturated heterocycles. The zero-order valence-electron chi connectivity index (χ0n) is 10.1. The van der Waals surface area contributed by atoms with Crippen LogP contribution in [0.2, 0.25) is 0 Å². The Morgan fingerprint density at radius 3 is 2.82 bits per heavy atom. The van der Waals surface area contributed by atoms with E-state index in [1.54, 1.807) is 19.2 Å². The molecule has 1 aromatic rings. The monoisotopic (exact) mass is 234 g/mol. The number of ether oxygens (including phenoxy) is 1. The van der Waals surface area contributed by atoms with Crippen LogP contribution in [0.3, 0.4) is 0 Å². The summed E-state index contributed by atoms with van der Waals surface area (Å²) in [6.45, 7) is 1.79. The molecule has 0 bridgehead atoms. The number of nitrogens with zero attached hydrogens (tertiary/aromatic N) is 1. The molecule has 0 aromatic carbocycles. The zero-order valence-corrected chi connectivity index (χ0v) is 10.1. The maximum absolute atomic E-state index is 12.0. The van der Waals surface area contributed by atoms with Crippen molar-refractivity contribution in [1.29, 1.82) is 0 Å². The zero-order chi connectivity index (χ0) is 12.3. The molecule has 1 aromatic heterocycles. The third kappa shape index (κ3) is 2.96. The van der Waals surface area contributed by atoms with Crippen molar-refractivity contribution in [1.82, 2.24) is 4.98 Å². The van der Waals surface area contributed by atoms with Crippen molar-refractivity contribution in [3.05, 3.63) is 23.5 Å². The number of carbonyl (C=O) groups excluding carboxylic acids is 1. The molecule has 0 unspecified atom stereocenters. The Balaban J connectivity index is 2.05. The minimum absolute atomic E-state index is 0.0667. The van der Waals surface area contributed by atoms with Crippen molar-refractivity contribution in [2.24, 2.45) is 0 Å². The average Bonchev–Trinajstić information content (AvgIpc) is 2.33. The second kappa shape index (κ2) is 5.17. The van der Waals surface area contributed by atoms with Crippen molar-refractivity contribution < 1.29 is 9.53 Å². The molecule has 17 heavy (non-hydrogen) atoms. The largest absolute Gasteiger partial charge is 0.459 e. The van der Waals surface area contributed by atoms with E-state index in [2.05, 4.69) is 4.98 Å². The van der Waals surface area contributed by atoms with Crippen molar-refractivity contribution in [3.63, 3.8) is 0 Å². The number of aryl methyl sites for hydroxylation is 1. The molecule has 1 fully saturated rings. The lowest BCUT2D eigenvalue weighted by atomic mass is 9.98. The summed E-state index contributed by atoms with van der Waals surface area (Å²) in [5.41, 5.74) is 7.27. The topological polar surface area (TPSA) is 65.2 Å². The number of nitrogens with two attached hydrogens (primary N) is 1. The van der Waals surface area contributed by atoms with Gasteiger partial charge in [-0.3, -0.25) is 4.98 Å². The van der Waals surface area contributed by atoms with Crippen LogP contribution < -0.4 is 5.73 Å². The highest BCUT2D eigenvalue weighted by Crippen LogP contribution is 2.22. The van der Waals surface area contributed by atoms with Gasteiger partial charge in [-0.25, -0.2) is 4.79 Å². The van der Waals surface area contributed by atoms with Crippen LogP contribution in [-0.2, 0) is 4.74 Å². The van der Waals surface area contributed by atoms with E-state index in [9.17, 15) is 4.79 Å². The van der Waals surface area contributed by atoms with Gasteiger partial charge in [-0.15, -0.1) is 0 Å². The van der Waals surface area contributed by atoms with Gasteiger partial charge in [0.05, 0.1) is 23.1 Å². The molecule has 0 radical (unpaired) electrons. The first kappa shape index (κ1) is 11.9. The van der Waals surface area contributed by atoms with Gasteiger partial charge in [-0.05, 0) is 38.7 Å². The molecule has 0 atom stereocenters. The first-order chi connectivity index (χ1) is 8.16. The van der Waals surface area contributed by atoms with Gasteiger partial charge < -0.3 is 10.5 Å². The lowest BCUT2D eigenvalue weighted by Crippen LogP contribution is -2.21. The number of nitrogen functional groups attached to an aromatic ring is 1. The van der Waals surface area contributed by atoms with Crippen molar-refractivity contribution in [2.75, 3.05) is 5.73 Å². The van der Waals surface area contributed by atoms with Crippen LogP contribution in [0.1, 0.15) is 48.2 Å². The second-order valence-electron chi connectivity index (χ2n) is 4.57. The van der Waals surface area contributed by atoms with Crippen LogP contribution in [0.5, 0.6) is 0 Å². The maximum atomic E-state index is 12.0. The molecule has 1 heterocycles. The number of carbonyl (C=O) groups is 1. The molecule has 0 amide bonds. The molecule has 2 rings (SSSR count). The molecule has 0 spiro atoms. The average molecular weight is 234 g/mol. The summed E-state index contributed by atoms with van der Waals surface area (Å²) in [7, 11) is 0. The SMILES string of the molecule is Cc1ncc(N)cc1C(=O)OC1CCCCC1. The van der Waals surface area contributed by atoms with E-state index in [0.717, 1.165) is 25.7 Å². The van der Waals surface area contributed by atoms with Gasteiger partial charge in [0, 0.05) is 0 Å². The minimum atomic E-state index is -0.297. The van der Waals surface area contributed by atoms with Crippen LogP contribution in [-0.4, -0.2) is 17.1 Å². The third-order valence-electron chi connectivity index (χ3n) is 3.15. The Labute approximate surface area is 101 Å². The Kier molecular flexibility index (Phi) is 3.61. The summed E-state index contributed by atoms with van der Waals surface area (Å²) in [5.74, 6) is -0.297. The van der Waals surface area contributed by atoms with Crippen LogP contribution in [0.4, 0.5) is 5.69 Å². The van der Waals surface area contributed by atoms with Gasteiger partial charge in [0.2, 0.25) is 0 Å². The Morgan fingerprint density at radius 2 is 2.12 bits per heavy atom. The number of aromatic nitrogens is 1. The highest BCUT2D eigenvalue weighted by molar-refractivity contribution is 5.91. The highest BCUT2D eigenvalue weighted by atomic mass is 16.5.